The SMILES string of the molecule is CCCCC(CCC)(CCCCCC(CCCC)(CCCC)C(=O)O)C(=O)O. The van der Waals surface area contributed by atoms with Crippen molar-refractivity contribution in [2.24, 2.45) is 10.8 Å². The van der Waals surface area contributed by atoms with E-state index >= 15 is 0 Å². The van der Waals surface area contributed by atoms with Gasteiger partial charge in [-0.3, -0.25) is 9.59 Å². The number of carboxylic acid groups (broad SMARTS) is 2. The Kier molecular flexibility index (Phi) is 14.3. The van der Waals surface area contributed by atoms with Crippen LogP contribution >= 0.6 is 0 Å². The Balaban J connectivity index is 4.81. The topological polar surface area (TPSA) is 74.6 Å². The summed E-state index contributed by atoms with van der Waals surface area (Å²) in [5.41, 5.74) is -1.17. The molecular formula is C24H46O4. The van der Waals surface area contributed by atoms with E-state index in [9.17, 15) is 19.8 Å². The molecule has 0 saturated carbocycles. The fourth-order valence-corrected chi connectivity index (χ4v) is 4.52. The first-order valence-electron chi connectivity index (χ1n) is 11.8. The molecule has 0 amide bonds. The molecule has 4 nitrogen and oxygen atoms in total. The van der Waals surface area contributed by atoms with Crippen LogP contribution in [0.1, 0.15) is 130 Å². The molecule has 0 aliphatic carbocycles. The summed E-state index contributed by atoms with van der Waals surface area (Å²) >= 11 is 0. The summed E-state index contributed by atoms with van der Waals surface area (Å²) in [6.45, 7) is 8.40. The number of carboxylic acids is 2. The predicted octanol–water partition coefficient (Wildman–Crippen LogP) is 7.45. The highest BCUT2D eigenvalue weighted by Crippen LogP contribution is 2.39. The predicted molar refractivity (Wildman–Crippen MR) is 117 cm³/mol. The standard InChI is InChI=1S/C24H46O4/c1-5-9-16-23(15-8-4,21(25)26)19-13-12-14-20-24(22(27)28,17-10-6-2)18-11-7-3/h5-20H2,1-4H3,(H,25,26)(H,27,28). The van der Waals surface area contributed by atoms with Gasteiger partial charge in [-0.25, -0.2) is 0 Å². The lowest BCUT2D eigenvalue weighted by Gasteiger charge is -2.31. The van der Waals surface area contributed by atoms with Crippen molar-refractivity contribution in [1.82, 2.24) is 0 Å². The van der Waals surface area contributed by atoms with Crippen LogP contribution in [0.3, 0.4) is 0 Å². The van der Waals surface area contributed by atoms with Crippen LogP contribution in [-0.4, -0.2) is 22.2 Å². The maximum Gasteiger partial charge on any atom is 0.309 e. The van der Waals surface area contributed by atoms with Gasteiger partial charge in [-0.1, -0.05) is 91.9 Å². The molecule has 0 aromatic carbocycles. The van der Waals surface area contributed by atoms with E-state index in [0.717, 1.165) is 103 Å². The van der Waals surface area contributed by atoms with Crippen molar-refractivity contribution in [3.63, 3.8) is 0 Å². The zero-order valence-corrected chi connectivity index (χ0v) is 19.0. The molecule has 0 heterocycles. The van der Waals surface area contributed by atoms with Gasteiger partial charge in [0.1, 0.15) is 0 Å². The molecule has 166 valence electrons. The van der Waals surface area contributed by atoms with Crippen molar-refractivity contribution < 1.29 is 19.8 Å². The summed E-state index contributed by atoms with van der Waals surface area (Å²) in [5, 5.41) is 19.8. The van der Waals surface area contributed by atoms with Crippen molar-refractivity contribution in [1.29, 1.82) is 0 Å². The largest absolute Gasteiger partial charge is 0.481 e. The van der Waals surface area contributed by atoms with Gasteiger partial charge in [-0.15, -0.1) is 0 Å². The lowest BCUT2D eigenvalue weighted by Crippen LogP contribution is -2.32. The molecule has 4 heteroatoms. The van der Waals surface area contributed by atoms with Crippen LogP contribution in [0.5, 0.6) is 0 Å². The Morgan fingerprint density at radius 3 is 1.11 bits per heavy atom. The lowest BCUT2D eigenvalue weighted by atomic mass is 9.73. The molecule has 0 aromatic rings. The third-order valence-corrected chi connectivity index (χ3v) is 6.47. The molecule has 0 fully saturated rings. The van der Waals surface area contributed by atoms with Crippen LogP contribution in [0, 0.1) is 10.8 Å². The maximum atomic E-state index is 12.1. The fourth-order valence-electron chi connectivity index (χ4n) is 4.52. The van der Waals surface area contributed by atoms with E-state index in [2.05, 4.69) is 27.7 Å². The van der Waals surface area contributed by atoms with Gasteiger partial charge >= 0.3 is 11.9 Å². The molecule has 0 radical (unpaired) electrons. The zero-order chi connectivity index (χ0) is 21.5. The number of rotatable bonds is 19. The highest BCUT2D eigenvalue weighted by Gasteiger charge is 2.38. The minimum Gasteiger partial charge on any atom is -0.481 e. The lowest BCUT2D eigenvalue weighted by molar-refractivity contribution is -0.151. The summed E-state index contributed by atoms with van der Waals surface area (Å²) < 4.78 is 0. The van der Waals surface area contributed by atoms with Gasteiger partial charge in [0.2, 0.25) is 0 Å². The smallest absolute Gasteiger partial charge is 0.309 e. The molecule has 0 aliphatic rings. The number of hydrogen-bond donors (Lipinski definition) is 2. The molecule has 0 aromatic heterocycles. The van der Waals surface area contributed by atoms with Crippen molar-refractivity contribution in [3.05, 3.63) is 0 Å². The van der Waals surface area contributed by atoms with Crippen LogP contribution in [0.2, 0.25) is 0 Å². The first kappa shape index (κ1) is 26.9. The molecular weight excluding hydrogens is 352 g/mol. The van der Waals surface area contributed by atoms with Crippen LogP contribution in [0.15, 0.2) is 0 Å². The van der Waals surface area contributed by atoms with Crippen molar-refractivity contribution in [3.8, 4) is 0 Å². The molecule has 2 N–H and O–H groups in total. The summed E-state index contributed by atoms with van der Waals surface area (Å²) in [4.78, 5) is 24.1. The summed E-state index contributed by atoms with van der Waals surface area (Å²) in [6.07, 6.45) is 14.0. The number of unbranched alkanes of at least 4 members (excludes halogenated alkanes) is 5. The minimum absolute atomic E-state index is 0.582. The van der Waals surface area contributed by atoms with Gasteiger partial charge < -0.3 is 10.2 Å². The van der Waals surface area contributed by atoms with E-state index in [4.69, 9.17) is 0 Å². The van der Waals surface area contributed by atoms with Crippen molar-refractivity contribution in [2.45, 2.75) is 130 Å². The third-order valence-electron chi connectivity index (χ3n) is 6.47. The van der Waals surface area contributed by atoms with Crippen molar-refractivity contribution in [2.75, 3.05) is 0 Å². The van der Waals surface area contributed by atoms with Gasteiger partial charge in [0.05, 0.1) is 10.8 Å². The molecule has 0 bridgehead atoms. The normalized spacial score (nSPS) is 14.0. The van der Waals surface area contributed by atoms with E-state index in [-0.39, 0.29) is 0 Å². The molecule has 0 spiro atoms. The minimum atomic E-state index is -0.645. The average Bonchev–Trinajstić information content (AvgIpc) is 2.66. The molecule has 28 heavy (non-hydrogen) atoms. The third kappa shape index (κ3) is 8.96. The Labute approximate surface area is 173 Å². The number of aliphatic carboxylic acids is 2. The van der Waals surface area contributed by atoms with E-state index in [0.29, 0.717) is 0 Å². The monoisotopic (exact) mass is 398 g/mol. The van der Waals surface area contributed by atoms with Crippen LogP contribution in [-0.2, 0) is 9.59 Å². The fraction of sp³-hybridized carbons (Fsp3) is 0.917. The van der Waals surface area contributed by atoms with E-state index in [1.807, 2.05) is 0 Å². The molecule has 0 rings (SSSR count). The Bertz CT molecular complexity index is 424. The highest BCUT2D eigenvalue weighted by molar-refractivity contribution is 5.75. The van der Waals surface area contributed by atoms with Crippen LogP contribution < -0.4 is 0 Å². The average molecular weight is 399 g/mol. The first-order chi connectivity index (χ1) is 13.3. The maximum absolute atomic E-state index is 12.1. The summed E-state index contributed by atoms with van der Waals surface area (Å²) in [5.74, 6) is -1.28. The highest BCUT2D eigenvalue weighted by atomic mass is 16.4. The second-order valence-electron chi connectivity index (χ2n) is 8.79. The number of hydrogen-bond acceptors (Lipinski definition) is 2. The van der Waals surface area contributed by atoms with E-state index in [1.54, 1.807) is 0 Å². The quantitative estimate of drug-likeness (QED) is 0.222. The molecule has 1 atom stereocenters. The number of carbonyl (C=O) groups is 2. The zero-order valence-electron chi connectivity index (χ0n) is 19.0. The van der Waals surface area contributed by atoms with Crippen molar-refractivity contribution >= 4 is 11.9 Å². The van der Waals surface area contributed by atoms with Gasteiger partial charge in [-0.2, -0.15) is 0 Å². The van der Waals surface area contributed by atoms with Crippen LogP contribution in [0.4, 0.5) is 0 Å². The van der Waals surface area contributed by atoms with Gasteiger partial charge in [0.25, 0.3) is 0 Å². The van der Waals surface area contributed by atoms with Gasteiger partial charge in [-0.05, 0) is 38.5 Å². The first-order valence-corrected chi connectivity index (χ1v) is 11.8. The molecule has 0 aliphatic heterocycles. The second-order valence-corrected chi connectivity index (χ2v) is 8.79. The Hall–Kier alpha value is -1.06. The summed E-state index contributed by atoms with van der Waals surface area (Å²) in [6, 6.07) is 0. The van der Waals surface area contributed by atoms with E-state index < -0.39 is 22.8 Å². The van der Waals surface area contributed by atoms with Crippen LogP contribution in [0.25, 0.3) is 0 Å². The Morgan fingerprint density at radius 2 is 0.821 bits per heavy atom. The molecule has 1 unspecified atom stereocenters. The van der Waals surface area contributed by atoms with Gasteiger partial charge in [0, 0.05) is 0 Å². The van der Waals surface area contributed by atoms with E-state index in [1.165, 1.54) is 0 Å². The van der Waals surface area contributed by atoms with Gasteiger partial charge in [0.15, 0.2) is 0 Å². The molecule has 0 saturated heterocycles. The Morgan fingerprint density at radius 1 is 0.500 bits per heavy atom. The summed E-state index contributed by atoms with van der Waals surface area (Å²) in [7, 11) is 0. The second kappa shape index (κ2) is 14.9.